The molecule has 12 nitrogen and oxygen atoms in total. The SMILES string of the molecule is CC[C@H](C)[C@H](NC(=O)[C@H]1CCCCN1C)C(=O)N[C@H](C[C@@H](NC(C)=O)c1nc(C(=O)N[C@@H](Cc2ccccc2)C[C@H](C)C(=O)O)cs1)C(C)C. The number of nitrogens with one attached hydrogen (secondary N) is 4. The van der Waals surface area contributed by atoms with Crippen LogP contribution >= 0.6 is 11.3 Å². The predicted molar refractivity (Wildman–Crippen MR) is 195 cm³/mol. The number of rotatable bonds is 18. The van der Waals surface area contributed by atoms with Gasteiger partial charge in [0, 0.05) is 24.4 Å². The maximum Gasteiger partial charge on any atom is 0.306 e. The molecule has 0 unspecified atom stereocenters. The third-order valence-electron chi connectivity index (χ3n) is 9.64. The summed E-state index contributed by atoms with van der Waals surface area (Å²) in [5.41, 5.74) is 1.14. The number of amides is 4. The van der Waals surface area contributed by atoms with Gasteiger partial charge in [-0.15, -0.1) is 11.3 Å². The minimum atomic E-state index is -0.937. The number of nitrogens with zero attached hydrogens (tertiary/aromatic N) is 2. The van der Waals surface area contributed by atoms with Crippen LogP contribution in [0.3, 0.4) is 0 Å². The lowest BCUT2D eigenvalue weighted by atomic mass is 9.93. The molecule has 0 bridgehead atoms. The van der Waals surface area contributed by atoms with Crippen LogP contribution in [0.2, 0.25) is 0 Å². The summed E-state index contributed by atoms with van der Waals surface area (Å²) in [5.74, 6) is -2.85. The standard InChI is InChI=1S/C37H56N6O6S/c1-8-23(4)32(42-34(46)31-16-12-13-17-43(31)7)35(47)40-28(22(2)3)20-29(38-25(6)44)36-41-30(21-50-36)33(45)39-27(18-24(5)37(48)49)19-26-14-10-9-11-15-26/h9-11,14-15,21-24,27-29,31-32H,8,12-13,16-20H2,1-7H3,(H,38,44)(H,39,45)(H,40,47)(H,42,46)(H,48,49)/t23-,24-,27+,28+,29+,31+,32-/m0/s1. The molecule has 0 radical (unpaired) electrons. The summed E-state index contributed by atoms with van der Waals surface area (Å²) in [4.78, 5) is 71.2. The number of carboxylic acid groups (broad SMARTS) is 1. The molecule has 1 aliphatic heterocycles. The van der Waals surface area contributed by atoms with E-state index < -0.39 is 35.9 Å². The first-order chi connectivity index (χ1) is 23.7. The van der Waals surface area contributed by atoms with E-state index in [9.17, 15) is 29.1 Å². The van der Waals surface area contributed by atoms with Crippen LogP contribution in [0.15, 0.2) is 35.7 Å². The molecule has 1 aromatic carbocycles. The maximum atomic E-state index is 13.8. The fourth-order valence-electron chi connectivity index (χ4n) is 6.28. The van der Waals surface area contributed by atoms with Crippen molar-refractivity contribution in [1.29, 1.82) is 0 Å². The van der Waals surface area contributed by atoms with Crippen LogP contribution in [0.25, 0.3) is 0 Å². The van der Waals surface area contributed by atoms with Crippen LogP contribution in [-0.4, -0.2) is 82.3 Å². The number of piperidine rings is 1. The fraction of sp³-hybridized carbons (Fsp3) is 0.622. The Hall–Kier alpha value is -3.84. The van der Waals surface area contributed by atoms with Gasteiger partial charge >= 0.3 is 5.97 Å². The number of benzene rings is 1. The zero-order valence-corrected chi connectivity index (χ0v) is 31.3. The van der Waals surface area contributed by atoms with E-state index in [-0.39, 0.29) is 53.8 Å². The van der Waals surface area contributed by atoms with E-state index in [2.05, 4.69) is 26.3 Å². The molecule has 0 aliphatic carbocycles. The summed E-state index contributed by atoms with van der Waals surface area (Å²) in [5, 5.41) is 23.8. The Labute approximate surface area is 300 Å². The van der Waals surface area contributed by atoms with Crippen molar-refractivity contribution in [3.8, 4) is 0 Å². The van der Waals surface area contributed by atoms with Gasteiger partial charge in [-0.05, 0) is 63.1 Å². The van der Waals surface area contributed by atoms with Crippen molar-refractivity contribution in [3.05, 3.63) is 52.0 Å². The molecule has 1 aromatic heterocycles. The smallest absolute Gasteiger partial charge is 0.306 e. The summed E-state index contributed by atoms with van der Waals surface area (Å²) < 4.78 is 0. The average Bonchev–Trinajstić information content (AvgIpc) is 3.57. The molecular weight excluding hydrogens is 657 g/mol. The largest absolute Gasteiger partial charge is 0.481 e. The first-order valence-corrected chi connectivity index (χ1v) is 18.7. The quantitative estimate of drug-likeness (QED) is 0.152. The third kappa shape index (κ3) is 12.2. The normalized spacial score (nSPS) is 18.6. The molecule has 4 amide bonds. The molecule has 3 rings (SSSR count). The minimum absolute atomic E-state index is 0.0225. The molecule has 1 fully saturated rings. The van der Waals surface area contributed by atoms with Gasteiger partial charge in [-0.3, -0.25) is 28.9 Å². The van der Waals surface area contributed by atoms with E-state index in [4.69, 9.17) is 0 Å². The zero-order chi connectivity index (χ0) is 37.0. The van der Waals surface area contributed by atoms with E-state index in [0.717, 1.165) is 31.4 Å². The molecule has 13 heteroatoms. The van der Waals surface area contributed by atoms with Crippen molar-refractivity contribution in [1.82, 2.24) is 31.2 Å². The number of thiazole rings is 1. The molecule has 276 valence electrons. The molecule has 0 spiro atoms. The van der Waals surface area contributed by atoms with Gasteiger partial charge in [0.05, 0.1) is 18.0 Å². The molecular formula is C37H56N6O6S. The summed E-state index contributed by atoms with van der Waals surface area (Å²) in [7, 11) is 1.94. The number of carbonyl (C=O) groups excluding carboxylic acids is 4. The maximum absolute atomic E-state index is 13.8. The fourth-order valence-corrected chi connectivity index (χ4v) is 7.14. The Kier molecular flexibility index (Phi) is 15.8. The van der Waals surface area contributed by atoms with Crippen molar-refractivity contribution in [2.24, 2.45) is 17.8 Å². The number of carboxylic acids is 1. The van der Waals surface area contributed by atoms with Crippen LogP contribution in [0.4, 0.5) is 0 Å². The number of hydrogen-bond acceptors (Lipinski definition) is 8. The number of carbonyl (C=O) groups is 5. The van der Waals surface area contributed by atoms with Gasteiger partial charge in [0.25, 0.3) is 5.91 Å². The predicted octanol–water partition coefficient (Wildman–Crippen LogP) is 4.32. The summed E-state index contributed by atoms with van der Waals surface area (Å²) in [6.45, 7) is 11.8. The molecule has 5 N–H and O–H groups in total. The minimum Gasteiger partial charge on any atom is -0.481 e. The molecule has 0 saturated carbocycles. The molecule has 2 aromatic rings. The molecule has 50 heavy (non-hydrogen) atoms. The number of likely N-dealkylation sites (tertiary alicyclic amines) is 1. The second kappa shape index (κ2) is 19.5. The second-order valence-corrected chi connectivity index (χ2v) is 15.0. The van der Waals surface area contributed by atoms with Crippen molar-refractivity contribution in [2.75, 3.05) is 13.6 Å². The van der Waals surface area contributed by atoms with Gasteiger partial charge in [-0.1, -0.05) is 77.8 Å². The Morgan fingerprint density at radius 1 is 0.980 bits per heavy atom. The number of likely N-dealkylation sites (N-methyl/N-ethyl adjacent to an activating group) is 1. The summed E-state index contributed by atoms with van der Waals surface area (Å²) in [6.07, 6.45) is 4.50. The first kappa shape index (κ1) is 40.6. The first-order valence-electron chi connectivity index (χ1n) is 17.8. The highest BCUT2D eigenvalue weighted by atomic mass is 32.1. The van der Waals surface area contributed by atoms with Crippen LogP contribution in [0.5, 0.6) is 0 Å². The third-order valence-corrected chi connectivity index (χ3v) is 10.6. The zero-order valence-electron chi connectivity index (χ0n) is 30.5. The van der Waals surface area contributed by atoms with Crippen LogP contribution < -0.4 is 21.3 Å². The van der Waals surface area contributed by atoms with Gasteiger partial charge < -0.3 is 26.4 Å². The van der Waals surface area contributed by atoms with Crippen LogP contribution in [-0.2, 0) is 25.6 Å². The van der Waals surface area contributed by atoms with Gasteiger partial charge in [0.15, 0.2) is 0 Å². The Balaban J connectivity index is 1.76. The highest BCUT2D eigenvalue weighted by Gasteiger charge is 2.34. The van der Waals surface area contributed by atoms with Crippen molar-refractivity contribution >= 4 is 40.9 Å². The van der Waals surface area contributed by atoms with Crippen LogP contribution in [0, 0.1) is 17.8 Å². The van der Waals surface area contributed by atoms with Crippen LogP contribution in [0.1, 0.15) is 107 Å². The lowest BCUT2D eigenvalue weighted by Crippen LogP contribution is -2.57. The number of aromatic nitrogens is 1. The topological polar surface area (TPSA) is 170 Å². The van der Waals surface area contributed by atoms with E-state index in [1.54, 1.807) is 12.3 Å². The van der Waals surface area contributed by atoms with Crippen molar-refractivity contribution < 1.29 is 29.1 Å². The van der Waals surface area contributed by atoms with E-state index in [1.807, 2.05) is 70.0 Å². The second-order valence-electron chi connectivity index (χ2n) is 14.1. The summed E-state index contributed by atoms with van der Waals surface area (Å²) >= 11 is 1.23. The van der Waals surface area contributed by atoms with E-state index in [1.165, 1.54) is 18.3 Å². The van der Waals surface area contributed by atoms with Gasteiger partial charge in [-0.2, -0.15) is 0 Å². The van der Waals surface area contributed by atoms with Gasteiger partial charge in [0.2, 0.25) is 17.7 Å². The highest BCUT2D eigenvalue weighted by Crippen LogP contribution is 2.26. The lowest BCUT2D eigenvalue weighted by molar-refractivity contribution is -0.141. The Morgan fingerprint density at radius 3 is 2.28 bits per heavy atom. The van der Waals surface area contributed by atoms with E-state index >= 15 is 0 Å². The van der Waals surface area contributed by atoms with Gasteiger partial charge in [0.1, 0.15) is 16.7 Å². The molecule has 1 saturated heterocycles. The molecule has 1 aliphatic rings. The summed E-state index contributed by atoms with van der Waals surface area (Å²) in [6, 6.07) is 7.16. The Morgan fingerprint density at radius 2 is 1.68 bits per heavy atom. The average molecular weight is 713 g/mol. The monoisotopic (exact) mass is 712 g/mol. The Bertz CT molecular complexity index is 1430. The molecule has 7 atom stereocenters. The molecule has 2 heterocycles. The van der Waals surface area contributed by atoms with Crippen molar-refractivity contribution in [2.45, 2.75) is 117 Å². The van der Waals surface area contributed by atoms with Crippen molar-refractivity contribution in [3.63, 3.8) is 0 Å². The number of hydrogen-bond donors (Lipinski definition) is 5. The van der Waals surface area contributed by atoms with E-state index in [0.29, 0.717) is 24.3 Å². The highest BCUT2D eigenvalue weighted by molar-refractivity contribution is 7.09. The lowest BCUT2D eigenvalue weighted by Gasteiger charge is -2.34. The number of aliphatic carboxylic acids is 1. The van der Waals surface area contributed by atoms with Gasteiger partial charge in [-0.25, -0.2) is 4.98 Å².